The number of hydrogen-bond donors (Lipinski definition) is 4. The second kappa shape index (κ2) is 7.26. The number of nitrogen functional groups attached to an aromatic ring is 1. The number of amidine groups is 1. The minimum absolute atomic E-state index is 0.00521. The molecule has 3 aliphatic rings. The highest BCUT2D eigenvalue weighted by Crippen LogP contribution is 2.54. The largest absolute Gasteiger partial charge is 0.390 e. The molecule has 2 aromatic heterocycles. The van der Waals surface area contributed by atoms with Crippen LogP contribution < -0.4 is 11.5 Å². The highest BCUT2D eigenvalue weighted by atomic mass is 16.3. The Hall–Kier alpha value is -2.97. The van der Waals surface area contributed by atoms with Gasteiger partial charge in [-0.1, -0.05) is 32.4 Å². The molecule has 2 saturated carbocycles. The molecule has 5 atom stereocenters. The van der Waals surface area contributed by atoms with Gasteiger partial charge in [0.05, 0.1) is 28.6 Å². The zero-order valence-corrected chi connectivity index (χ0v) is 19.6. The number of aliphatic hydroxyl groups excluding tert-OH is 2. The fraction of sp³-hybridized carbons (Fsp3) is 0.500. The third-order valence-corrected chi connectivity index (χ3v) is 9.23. The van der Waals surface area contributed by atoms with Gasteiger partial charge in [0, 0.05) is 11.6 Å². The van der Waals surface area contributed by atoms with Gasteiger partial charge in [-0.15, -0.1) is 0 Å². The highest BCUT2D eigenvalue weighted by molar-refractivity contribution is 6.00. The lowest BCUT2D eigenvalue weighted by atomic mass is 9.64. The molecule has 6 rings (SSSR count). The Morgan fingerprint density at radius 3 is 2.68 bits per heavy atom. The lowest BCUT2D eigenvalue weighted by Crippen LogP contribution is -2.44. The maximum Gasteiger partial charge on any atom is 0.145 e. The molecule has 2 fully saturated rings. The molecule has 0 bridgehead atoms. The predicted octanol–water partition coefficient (Wildman–Crippen LogP) is 2.99. The first kappa shape index (κ1) is 21.6. The van der Waals surface area contributed by atoms with Crippen molar-refractivity contribution < 1.29 is 10.2 Å². The number of anilines is 1. The van der Waals surface area contributed by atoms with E-state index in [9.17, 15) is 10.2 Å². The summed E-state index contributed by atoms with van der Waals surface area (Å²) in [6.07, 6.45) is 6.45. The van der Waals surface area contributed by atoms with Gasteiger partial charge in [-0.05, 0) is 54.9 Å². The van der Waals surface area contributed by atoms with Gasteiger partial charge < -0.3 is 26.2 Å². The first-order valence-corrected chi connectivity index (χ1v) is 12.2. The smallest absolute Gasteiger partial charge is 0.145 e. The van der Waals surface area contributed by atoms with Crippen molar-refractivity contribution >= 4 is 28.4 Å². The summed E-state index contributed by atoms with van der Waals surface area (Å²) >= 11 is 0. The van der Waals surface area contributed by atoms with Crippen LogP contribution in [0.5, 0.6) is 0 Å². The first-order valence-electron chi connectivity index (χ1n) is 12.2. The standard InChI is InChI=1S/C26H32N6O2/c1-14-19(32-11-7-16-22(27)29-13-30-23(16)32)20(33)21(34)25(14,2)10-6-15-4-5-17-18(12-15)31-24(28)26(17)8-3-9-26/h4-5,7,11-14,19-21,33-34H,3,6,8-10H2,1-2H3,(H2,28,31)(H2,27,29,30)/t14-,19-,20+,21+,25+/m1/s1. The third kappa shape index (κ3) is 2.75. The molecule has 178 valence electrons. The Bertz CT molecular complexity index is 1310. The van der Waals surface area contributed by atoms with Gasteiger partial charge in [-0.2, -0.15) is 0 Å². The van der Waals surface area contributed by atoms with E-state index in [1.165, 1.54) is 23.9 Å². The van der Waals surface area contributed by atoms with Gasteiger partial charge in [0.25, 0.3) is 0 Å². The molecule has 3 heterocycles. The van der Waals surface area contributed by atoms with E-state index >= 15 is 0 Å². The van der Waals surface area contributed by atoms with Crippen molar-refractivity contribution in [1.82, 2.24) is 14.5 Å². The molecule has 1 spiro atoms. The van der Waals surface area contributed by atoms with Crippen LogP contribution in [0.3, 0.4) is 0 Å². The van der Waals surface area contributed by atoms with Gasteiger partial charge >= 0.3 is 0 Å². The van der Waals surface area contributed by atoms with E-state index in [0.29, 0.717) is 11.5 Å². The minimum atomic E-state index is -0.908. The summed E-state index contributed by atoms with van der Waals surface area (Å²) in [6.45, 7) is 4.18. The predicted molar refractivity (Wildman–Crippen MR) is 132 cm³/mol. The van der Waals surface area contributed by atoms with Crippen molar-refractivity contribution in [3.8, 4) is 0 Å². The maximum atomic E-state index is 11.2. The second-order valence-electron chi connectivity index (χ2n) is 10.7. The molecule has 3 aromatic rings. The Labute approximate surface area is 198 Å². The zero-order valence-electron chi connectivity index (χ0n) is 19.6. The van der Waals surface area contributed by atoms with E-state index in [4.69, 9.17) is 11.5 Å². The number of benzene rings is 1. The van der Waals surface area contributed by atoms with Gasteiger partial charge in [0.1, 0.15) is 29.7 Å². The summed E-state index contributed by atoms with van der Waals surface area (Å²) < 4.78 is 1.95. The Morgan fingerprint density at radius 1 is 1.15 bits per heavy atom. The van der Waals surface area contributed by atoms with E-state index in [-0.39, 0.29) is 17.4 Å². The molecule has 0 radical (unpaired) electrons. The van der Waals surface area contributed by atoms with Gasteiger partial charge in [0.15, 0.2) is 0 Å². The van der Waals surface area contributed by atoms with Crippen molar-refractivity contribution in [3.05, 3.63) is 47.9 Å². The van der Waals surface area contributed by atoms with E-state index in [1.54, 1.807) is 0 Å². The van der Waals surface area contributed by atoms with Crippen molar-refractivity contribution in [2.75, 3.05) is 5.73 Å². The Morgan fingerprint density at radius 2 is 1.94 bits per heavy atom. The number of aliphatic hydroxyl groups is 2. The number of fused-ring (bicyclic) bond motifs is 3. The number of rotatable bonds is 4. The van der Waals surface area contributed by atoms with Crippen LogP contribution in [0.25, 0.3) is 11.0 Å². The minimum Gasteiger partial charge on any atom is -0.390 e. The van der Waals surface area contributed by atoms with Gasteiger partial charge in [-0.3, -0.25) is 0 Å². The van der Waals surface area contributed by atoms with Gasteiger partial charge in [0.2, 0.25) is 0 Å². The topological polar surface area (TPSA) is 136 Å². The summed E-state index contributed by atoms with van der Waals surface area (Å²) in [5.41, 5.74) is 15.9. The zero-order chi connectivity index (χ0) is 23.8. The molecule has 0 saturated heterocycles. The molecular formula is C26H32N6O2. The molecule has 6 N–H and O–H groups in total. The molecule has 34 heavy (non-hydrogen) atoms. The normalized spacial score (nSPS) is 31.6. The van der Waals surface area contributed by atoms with E-state index in [1.807, 2.05) is 16.8 Å². The number of nitrogens with zero attached hydrogens (tertiary/aromatic N) is 4. The molecular weight excluding hydrogens is 428 g/mol. The van der Waals surface area contributed by atoms with Crippen molar-refractivity contribution in [2.45, 2.75) is 69.6 Å². The average Bonchev–Trinajstić information content (AvgIpc) is 3.39. The summed E-state index contributed by atoms with van der Waals surface area (Å²) in [7, 11) is 0. The van der Waals surface area contributed by atoms with Crippen LogP contribution in [0.2, 0.25) is 0 Å². The van der Waals surface area contributed by atoms with E-state index in [2.05, 4.69) is 47.0 Å². The quantitative estimate of drug-likeness (QED) is 0.473. The number of aromatic nitrogens is 3. The van der Waals surface area contributed by atoms with Crippen LogP contribution in [0, 0.1) is 11.3 Å². The fourth-order valence-electron chi connectivity index (χ4n) is 6.62. The number of aliphatic imine (C=N–C) groups is 1. The fourth-order valence-corrected chi connectivity index (χ4v) is 6.62. The number of nitrogens with two attached hydrogens (primary N) is 2. The Balaban J connectivity index is 1.26. The summed E-state index contributed by atoms with van der Waals surface area (Å²) in [5.74, 6) is 1.17. The lowest BCUT2D eigenvalue weighted by molar-refractivity contribution is -0.0280. The SMILES string of the molecule is C[C@@H]1[C@@H](n2ccc3c(N)ncnc32)[C@H](O)[C@H](O)[C@@]1(C)CCc1ccc2c(c1)N=C(N)C21CCC1. The summed E-state index contributed by atoms with van der Waals surface area (Å²) in [5, 5.41) is 23.1. The maximum absolute atomic E-state index is 11.2. The summed E-state index contributed by atoms with van der Waals surface area (Å²) in [4.78, 5) is 13.2. The van der Waals surface area contributed by atoms with Crippen LogP contribution in [0.4, 0.5) is 11.5 Å². The molecule has 0 amide bonds. The molecule has 8 heteroatoms. The van der Waals surface area contributed by atoms with E-state index < -0.39 is 17.6 Å². The van der Waals surface area contributed by atoms with Crippen LogP contribution >= 0.6 is 0 Å². The average molecular weight is 461 g/mol. The van der Waals surface area contributed by atoms with E-state index in [0.717, 1.165) is 42.6 Å². The molecule has 8 nitrogen and oxygen atoms in total. The molecule has 1 aliphatic heterocycles. The monoisotopic (exact) mass is 460 g/mol. The van der Waals surface area contributed by atoms with Crippen LogP contribution in [0.1, 0.15) is 56.7 Å². The van der Waals surface area contributed by atoms with Crippen LogP contribution in [0.15, 0.2) is 41.8 Å². The summed E-state index contributed by atoms with van der Waals surface area (Å²) in [6, 6.07) is 8.08. The van der Waals surface area contributed by atoms with Crippen LogP contribution in [-0.2, 0) is 11.8 Å². The molecule has 2 aliphatic carbocycles. The molecule has 0 unspecified atom stereocenters. The Kier molecular flexibility index (Phi) is 4.60. The number of aryl methyl sites for hydroxylation is 1. The number of hydrogen-bond acceptors (Lipinski definition) is 7. The third-order valence-electron chi connectivity index (χ3n) is 9.23. The van der Waals surface area contributed by atoms with Gasteiger partial charge in [-0.25, -0.2) is 15.0 Å². The van der Waals surface area contributed by atoms with Crippen LogP contribution in [-0.4, -0.2) is 42.8 Å². The van der Waals surface area contributed by atoms with Crippen molar-refractivity contribution in [2.24, 2.45) is 22.1 Å². The highest BCUT2D eigenvalue weighted by Gasteiger charge is 2.55. The second-order valence-corrected chi connectivity index (χ2v) is 10.7. The lowest BCUT2D eigenvalue weighted by Gasteiger charge is -2.38. The molecule has 1 aromatic carbocycles. The van der Waals surface area contributed by atoms with Crippen molar-refractivity contribution in [1.29, 1.82) is 0 Å². The van der Waals surface area contributed by atoms with Crippen molar-refractivity contribution in [3.63, 3.8) is 0 Å². The first-order chi connectivity index (χ1) is 16.3.